The van der Waals surface area contributed by atoms with Gasteiger partial charge in [0.2, 0.25) is 5.91 Å². The first kappa shape index (κ1) is 23.0. The van der Waals surface area contributed by atoms with Crippen molar-refractivity contribution >= 4 is 29.6 Å². The number of nitrogens with zero attached hydrogens (tertiary/aromatic N) is 4. The molecule has 2 fully saturated rings. The summed E-state index contributed by atoms with van der Waals surface area (Å²) in [6, 6.07) is 14.7. The number of halogens is 1. The third-order valence-electron chi connectivity index (χ3n) is 6.19. The van der Waals surface area contributed by atoms with Crippen LogP contribution in [0.2, 0.25) is 0 Å². The van der Waals surface area contributed by atoms with Gasteiger partial charge in [-0.1, -0.05) is 61.4 Å². The molecule has 2 heterocycles. The smallest absolute Gasteiger partial charge is 0.322 e. The van der Waals surface area contributed by atoms with Gasteiger partial charge in [0.1, 0.15) is 11.4 Å². The van der Waals surface area contributed by atoms with E-state index in [-0.39, 0.29) is 11.6 Å². The average Bonchev–Trinajstić information content (AvgIpc) is 3.39. The lowest BCUT2D eigenvalue weighted by Gasteiger charge is -2.30. The third kappa shape index (κ3) is 4.51. The number of aromatic nitrogens is 3. The molecule has 0 bridgehead atoms. The number of hydrogen-bond donors (Lipinski definition) is 2. The molecule has 3 aromatic rings. The van der Waals surface area contributed by atoms with Crippen LogP contribution >= 0.6 is 11.8 Å². The predicted molar refractivity (Wildman–Crippen MR) is 127 cm³/mol. The van der Waals surface area contributed by atoms with Crippen LogP contribution in [0.15, 0.2) is 59.8 Å². The van der Waals surface area contributed by atoms with Gasteiger partial charge in [-0.05, 0) is 37.1 Å². The lowest BCUT2D eigenvalue weighted by molar-refractivity contribution is -0.139. The fourth-order valence-electron chi connectivity index (χ4n) is 4.46. The van der Waals surface area contributed by atoms with Crippen molar-refractivity contribution in [3.05, 3.63) is 60.4 Å². The van der Waals surface area contributed by atoms with Gasteiger partial charge in [-0.25, -0.2) is 9.18 Å². The molecule has 1 aromatic heterocycles. The van der Waals surface area contributed by atoms with Crippen LogP contribution in [0.25, 0.3) is 17.1 Å². The summed E-state index contributed by atoms with van der Waals surface area (Å²) in [7, 11) is 0. The number of urea groups is 1. The first-order chi connectivity index (χ1) is 17.0. The lowest BCUT2D eigenvalue weighted by Crippen LogP contribution is -2.51. The zero-order valence-electron chi connectivity index (χ0n) is 18.7. The zero-order valence-corrected chi connectivity index (χ0v) is 19.6. The van der Waals surface area contributed by atoms with Crippen molar-refractivity contribution < 1.29 is 18.8 Å². The second kappa shape index (κ2) is 9.49. The maximum atomic E-state index is 13.5. The first-order valence-electron chi connectivity index (χ1n) is 11.3. The molecule has 11 heteroatoms. The molecule has 1 aliphatic carbocycles. The van der Waals surface area contributed by atoms with Crippen LogP contribution in [0.1, 0.15) is 32.1 Å². The molecule has 5 rings (SSSR count). The minimum absolute atomic E-state index is 0.113. The summed E-state index contributed by atoms with van der Waals surface area (Å²) in [5.41, 5.74) is 2.95. The Morgan fingerprint density at radius 3 is 2.46 bits per heavy atom. The highest BCUT2D eigenvalue weighted by Crippen LogP contribution is 2.33. The Labute approximate surface area is 205 Å². The standard InChI is InChI=1S/C24H23FN6O3S/c25-17-9-11-18(12-10-17)30-20(16-7-3-1-4-8-16)27-28-23(30)35-15-19(32)29-31-21(33)24(26-22(31)34)13-5-2-6-14-24/h1,3-4,7-12H,2,5-6,13-15H2,(H,26,34)(H,29,32). The molecule has 35 heavy (non-hydrogen) atoms. The number of hydrazine groups is 1. The molecule has 1 saturated heterocycles. The molecule has 1 saturated carbocycles. The number of carbonyl (C=O) groups is 3. The SMILES string of the molecule is O=C(CSc1nnc(-c2ccccc2)n1-c1ccc(F)cc1)NN1C(=O)NC2(CCCCC2)C1=O. The number of benzene rings is 2. The van der Waals surface area contributed by atoms with E-state index >= 15 is 0 Å². The summed E-state index contributed by atoms with van der Waals surface area (Å²) in [6.07, 6.45) is 3.87. The van der Waals surface area contributed by atoms with E-state index in [9.17, 15) is 18.8 Å². The van der Waals surface area contributed by atoms with E-state index in [2.05, 4.69) is 20.9 Å². The average molecular weight is 495 g/mol. The Morgan fingerprint density at radius 1 is 1.03 bits per heavy atom. The number of rotatable bonds is 6. The maximum Gasteiger partial charge on any atom is 0.344 e. The number of amides is 4. The molecule has 4 amide bonds. The number of hydrogen-bond acceptors (Lipinski definition) is 6. The van der Waals surface area contributed by atoms with Crippen molar-refractivity contribution in [2.45, 2.75) is 42.8 Å². The second-order valence-electron chi connectivity index (χ2n) is 8.52. The largest absolute Gasteiger partial charge is 0.344 e. The van der Waals surface area contributed by atoms with Crippen LogP contribution < -0.4 is 10.7 Å². The van der Waals surface area contributed by atoms with Crippen molar-refractivity contribution in [2.75, 3.05) is 5.75 Å². The summed E-state index contributed by atoms with van der Waals surface area (Å²) in [5, 5.41) is 12.5. The quantitative estimate of drug-likeness (QED) is 0.401. The normalized spacial score (nSPS) is 17.0. The molecule has 1 aliphatic heterocycles. The van der Waals surface area contributed by atoms with Crippen molar-refractivity contribution in [1.82, 2.24) is 30.5 Å². The van der Waals surface area contributed by atoms with E-state index < -0.39 is 23.4 Å². The van der Waals surface area contributed by atoms with Gasteiger partial charge in [0.05, 0.1) is 5.75 Å². The predicted octanol–water partition coefficient (Wildman–Crippen LogP) is 3.45. The van der Waals surface area contributed by atoms with Gasteiger partial charge in [-0.15, -0.1) is 10.2 Å². The molecule has 9 nitrogen and oxygen atoms in total. The van der Waals surface area contributed by atoms with Crippen LogP contribution in [0.5, 0.6) is 0 Å². The number of carbonyl (C=O) groups excluding carboxylic acids is 3. The molecule has 180 valence electrons. The van der Waals surface area contributed by atoms with Gasteiger partial charge < -0.3 is 5.32 Å². The van der Waals surface area contributed by atoms with E-state index in [0.29, 0.717) is 29.5 Å². The summed E-state index contributed by atoms with van der Waals surface area (Å²) in [5.74, 6) is -0.893. The van der Waals surface area contributed by atoms with E-state index in [4.69, 9.17) is 0 Å². The fourth-order valence-corrected chi connectivity index (χ4v) is 5.21. The minimum atomic E-state index is -0.914. The number of imide groups is 1. The first-order valence-corrected chi connectivity index (χ1v) is 12.3. The Balaban J connectivity index is 1.33. The molecule has 0 unspecified atom stereocenters. The molecule has 0 radical (unpaired) electrons. The summed E-state index contributed by atoms with van der Waals surface area (Å²) >= 11 is 1.10. The lowest BCUT2D eigenvalue weighted by atomic mass is 9.82. The van der Waals surface area contributed by atoms with Gasteiger partial charge in [0.25, 0.3) is 5.91 Å². The Morgan fingerprint density at radius 2 is 1.74 bits per heavy atom. The molecule has 2 aliphatic rings. The van der Waals surface area contributed by atoms with Crippen molar-refractivity contribution in [3.63, 3.8) is 0 Å². The highest BCUT2D eigenvalue weighted by Gasteiger charge is 2.52. The van der Waals surface area contributed by atoms with Crippen molar-refractivity contribution in [3.8, 4) is 17.1 Å². The Hall–Kier alpha value is -3.73. The summed E-state index contributed by atoms with van der Waals surface area (Å²) in [6.45, 7) is 0. The van der Waals surface area contributed by atoms with Crippen LogP contribution in [-0.2, 0) is 9.59 Å². The van der Waals surface area contributed by atoms with Crippen LogP contribution in [-0.4, -0.2) is 48.9 Å². The molecule has 2 N–H and O–H groups in total. The van der Waals surface area contributed by atoms with Crippen molar-refractivity contribution in [2.24, 2.45) is 0 Å². The van der Waals surface area contributed by atoms with E-state index in [1.54, 1.807) is 16.7 Å². The van der Waals surface area contributed by atoms with Gasteiger partial charge in [-0.3, -0.25) is 19.6 Å². The van der Waals surface area contributed by atoms with Gasteiger partial charge >= 0.3 is 6.03 Å². The van der Waals surface area contributed by atoms with Gasteiger partial charge in [-0.2, -0.15) is 5.01 Å². The molecule has 2 aromatic carbocycles. The van der Waals surface area contributed by atoms with Crippen LogP contribution in [0.3, 0.4) is 0 Å². The number of nitrogens with one attached hydrogen (secondary N) is 2. The fraction of sp³-hybridized carbons (Fsp3) is 0.292. The number of thioether (sulfide) groups is 1. The van der Waals surface area contributed by atoms with Crippen LogP contribution in [0, 0.1) is 5.82 Å². The van der Waals surface area contributed by atoms with Crippen molar-refractivity contribution in [1.29, 1.82) is 0 Å². The van der Waals surface area contributed by atoms with Gasteiger partial charge in [0, 0.05) is 11.3 Å². The molecule has 1 spiro atoms. The van der Waals surface area contributed by atoms with Gasteiger partial charge in [0.15, 0.2) is 11.0 Å². The summed E-state index contributed by atoms with van der Waals surface area (Å²) < 4.78 is 15.3. The van der Waals surface area contributed by atoms with E-state index in [1.807, 2.05) is 30.3 Å². The highest BCUT2D eigenvalue weighted by molar-refractivity contribution is 7.99. The molecular weight excluding hydrogens is 471 g/mol. The highest BCUT2D eigenvalue weighted by atomic mass is 32.2. The topological polar surface area (TPSA) is 109 Å². The summed E-state index contributed by atoms with van der Waals surface area (Å²) in [4.78, 5) is 38.0. The molecule has 0 atom stereocenters. The third-order valence-corrected chi connectivity index (χ3v) is 7.12. The monoisotopic (exact) mass is 494 g/mol. The van der Waals surface area contributed by atoms with E-state index in [0.717, 1.165) is 41.6 Å². The second-order valence-corrected chi connectivity index (χ2v) is 9.46. The zero-order chi connectivity index (χ0) is 24.4. The maximum absolute atomic E-state index is 13.5. The van der Waals surface area contributed by atoms with Crippen LogP contribution in [0.4, 0.5) is 9.18 Å². The Kier molecular flexibility index (Phi) is 6.25. The van der Waals surface area contributed by atoms with E-state index in [1.165, 1.54) is 12.1 Å². The Bertz CT molecular complexity index is 1260. The molecular formula is C24H23FN6O3S. The minimum Gasteiger partial charge on any atom is -0.322 e.